The zero-order valence-corrected chi connectivity index (χ0v) is 12.6. The second-order valence-electron chi connectivity index (χ2n) is 5.53. The van der Waals surface area contributed by atoms with Gasteiger partial charge in [0.2, 0.25) is 5.91 Å². The lowest BCUT2D eigenvalue weighted by atomic mass is 9.88. The summed E-state index contributed by atoms with van der Waals surface area (Å²) in [5, 5.41) is 8.77. The summed E-state index contributed by atoms with van der Waals surface area (Å²) in [6.45, 7) is 4.44. The maximum absolute atomic E-state index is 12.0. The molecule has 2 rings (SSSR count). The minimum atomic E-state index is -0.0907. The normalized spacial score (nSPS) is 15.9. The lowest BCUT2D eigenvalue weighted by Crippen LogP contribution is -2.49. The second kappa shape index (κ2) is 7.22. The van der Waals surface area contributed by atoms with Crippen LogP contribution in [-0.2, 0) is 11.2 Å². The molecule has 0 aromatic heterocycles. The molecule has 1 aromatic rings. The highest BCUT2D eigenvalue weighted by atomic mass is 16.2. The topological polar surface area (TPSA) is 70.2 Å². The van der Waals surface area contributed by atoms with Gasteiger partial charge in [0.05, 0.1) is 0 Å². The van der Waals surface area contributed by atoms with Gasteiger partial charge in [-0.05, 0) is 43.1 Å². The van der Waals surface area contributed by atoms with Crippen LogP contribution in [0.3, 0.4) is 0 Å². The van der Waals surface area contributed by atoms with E-state index in [1.165, 1.54) is 0 Å². The summed E-state index contributed by atoms with van der Waals surface area (Å²) in [6.07, 6.45) is 0.728. The van der Waals surface area contributed by atoms with Crippen molar-refractivity contribution in [1.29, 1.82) is 0 Å². The van der Waals surface area contributed by atoms with Crippen LogP contribution >= 0.6 is 0 Å². The minimum absolute atomic E-state index is 0.0588. The zero-order valence-electron chi connectivity index (χ0n) is 12.6. The summed E-state index contributed by atoms with van der Waals surface area (Å²) in [6, 6.07) is 7.49. The maximum Gasteiger partial charge on any atom is 0.251 e. The van der Waals surface area contributed by atoms with Crippen LogP contribution < -0.4 is 16.0 Å². The van der Waals surface area contributed by atoms with Crippen molar-refractivity contribution in [3.8, 4) is 0 Å². The molecule has 114 valence electrons. The third kappa shape index (κ3) is 4.04. The largest absolute Gasteiger partial charge is 0.356 e. The van der Waals surface area contributed by atoms with E-state index < -0.39 is 0 Å². The van der Waals surface area contributed by atoms with Crippen LogP contribution in [0.1, 0.15) is 22.8 Å². The van der Waals surface area contributed by atoms with E-state index in [1.807, 2.05) is 25.1 Å². The highest BCUT2D eigenvalue weighted by Gasteiger charge is 2.28. The van der Waals surface area contributed by atoms with E-state index in [2.05, 4.69) is 16.0 Å². The van der Waals surface area contributed by atoms with E-state index in [-0.39, 0.29) is 17.7 Å². The van der Waals surface area contributed by atoms with E-state index in [4.69, 9.17) is 0 Å². The molecule has 1 saturated heterocycles. The lowest BCUT2D eigenvalue weighted by Gasteiger charge is -2.31. The SMILES string of the molecule is CNC(=O)c1cccc(CCNC(=O)C(C)C2CNC2)c1. The van der Waals surface area contributed by atoms with Gasteiger partial charge in [-0.2, -0.15) is 0 Å². The Kier molecular flexibility index (Phi) is 5.33. The number of rotatable bonds is 6. The molecule has 5 nitrogen and oxygen atoms in total. The highest BCUT2D eigenvalue weighted by molar-refractivity contribution is 5.94. The Morgan fingerprint density at radius 2 is 2.14 bits per heavy atom. The molecule has 5 heteroatoms. The average molecular weight is 289 g/mol. The predicted molar refractivity (Wildman–Crippen MR) is 82.1 cm³/mol. The van der Waals surface area contributed by atoms with Crippen molar-refractivity contribution in [2.24, 2.45) is 11.8 Å². The first-order chi connectivity index (χ1) is 10.1. The van der Waals surface area contributed by atoms with Crippen LogP contribution in [0.2, 0.25) is 0 Å². The molecule has 3 N–H and O–H groups in total. The molecule has 1 atom stereocenters. The van der Waals surface area contributed by atoms with E-state index in [0.29, 0.717) is 18.0 Å². The van der Waals surface area contributed by atoms with Crippen LogP contribution in [-0.4, -0.2) is 38.5 Å². The molecule has 0 bridgehead atoms. The summed E-state index contributed by atoms with van der Waals surface area (Å²) >= 11 is 0. The Balaban J connectivity index is 1.80. The molecule has 21 heavy (non-hydrogen) atoms. The van der Waals surface area contributed by atoms with Crippen molar-refractivity contribution in [2.75, 3.05) is 26.7 Å². The van der Waals surface area contributed by atoms with Crippen molar-refractivity contribution < 1.29 is 9.59 Å². The van der Waals surface area contributed by atoms with Crippen molar-refractivity contribution in [3.63, 3.8) is 0 Å². The van der Waals surface area contributed by atoms with Crippen LogP contribution in [0.5, 0.6) is 0 Å². The van der Waals surface area contributed by atoms with E-state index in [9.17, 15) is 9.59 Å². The molecule has 0 saturated carbocycles. The minimum Gasteiger partial charge on any atom is -0.356 e. The number of hydrogen-bond donors (Lipinski definition) is 3. The molecule has 1 aliphatic rings. The molecular weight excluding hydrogens is 266 g/mol. The van der Waals surface area contributed by atoms with Crippen LogP contribution in [0.25, 0.3) is 0 Å². The lowest BCUT2D eigenvalue weighted by molar-refractivity contribution is -0.126. The Bertz CT molecular complexity index is 512. The summed E-state index contributed by atoms with van der Waals surface area (Å²) in [5.41, 5.74) is 1.70. The van der Waals surface area contributed by atoms with Crippen molar-refractivity contribution in [2.45, 2.75) is 13.3 Å². The van der Waals surface area contributed by atoms with Gasteiger partial charge in [-0.25, -0.2) is 0 Å². The monoisotopic (exact) mass is 289 g/mol. The zero-order chi connectivity index (χ0) is 15.2. The van der Waals surface area contributed by atoms with Crippen molar-refractivity contribution >= 4 is 11.8 Å². The number of hydrogen-bond acceptors (Lipinski definition) is 3. The van der Waals surface area contributed by atoms with E-state index in [0.717, 1.165) is 25.1 Å². The molecule has 0 aliphatic carbocycles. The predicted octanol–water partition coefficient (Wildman–Crippen LogP) is 0.560. The third-order valence-corrected chi connectivity index (χ3v) is 4.06. The average Bonchev–Trinajstić information content (AvgIpc) is 2.44. The molecule has 0 radical (unpaired) electrons. The molecule has 1 aliphatic heterocycles. The number of amides is 2. The quantitative estimate of drug-likeness (QED) is 0.717. The standard InChI is InChI=1S/C16H23N3O2/c1-11(14-9-18-10-14)15(20)19-7-6-12-4-3-5-13(8-12)16(21)17-2/h3-5,8,11,14,18H,6-7,9-10H2,1-2H3,(H,17,21)(H,19,20). The van der Waals surface area contributed by atoms with Gasteiger partial charge >= 0.3 is 0 Å². The second-order valence-corrected chi connectivity index (χ2v) is 5.53. The summed E-state index contributed by atoms with van der Waals surface area (Å²) in [7, 11) is 1.62. The maximum atomic E-state index is 12.0. The molecule has 2 amide bonds. The fraction of sp³-hybridized carbons (Fsp3) is 0.500. The Labute approximate surface area is 125 Å². The summed E-state index contributed by atoms with van der Waals surface area (Å²) in [4.78, 5) is 23.6. The smallest absolute Gasteiger partial charge is 0.251 e. The Hall–Kier alpha value is -1.88. The van der Waals surface area contributed by atoms with Crippen LogP contribution in [0, 0.1) is 11.8 Å². The first-order valence-corrected chi connectivity index (χ1v) is 7.41. The fourth-order valence-electron chi connectivity index (χ4n) is 2.38. The number of carbonyl (C=O) groups is 2. The van der Waals surface area contributed by atoms with E-state index in [1.54, 1.807) is 13.1 Å². The molecule has 0 spiro atoms. The van der Waals surface area contributed by atoms with Gasteiger partial charge in [0.1, 0.15) is 0 Å². The molecule has 1 aromatic carbocycles. The number of nitrogens with one attached hydrogen (secondary N) is 3. The third-order valence-electron chi connectivity index (χ3n) is 4.06. The number of benzene rings is 1. The van der Waals surface area contributed by atoms with Crippen molar-refractivity contribution in [3.05, 3.63) is 35.4 Å². The van der Waals surface area contributed by atoms with Gasteiger partial charge in [0.25, 0.3) is 5.91 Å². The number of carbonyl (C=O) groups excluding carboxylic acids is 2. The molecule has 1 heterocycles. The Morgan fingerprint density at radius 3 is 2.76 bits per heavy atom. The molecule has 1 unspecified atom stereocenters. The van der Waals surface area contributed by atoms with E-state index >= 15 is 0 Å². The van der Waals surface area contributed by atoms with Gasteiger partial charge in [-0.3, -0.25) is 9.59 Å². The van der Waals surface area contributed by atoms with Crippen molar-refractivity contribution in [1.82, 2.24) is 16.0 Å². The molecule has 1 fully saturated rings. The Morgan fingerprint density at radius 1 is 1.38 bits per heavy atom. The van der Waals surface area contributed by atoms with Gasteiger partial charge in [-0.1, -0.05) is 19.1 Å². The van der Waals surface area contributed by atoms with Gasteiger partial charge in [0, 0.05) is 25.1 Å². The summed E-state index contributed by atoms with van der Waals surface area (Å²) < 4.78 is 0. The van der Waals surface area contributed by atoms with Gasteiger partial charge in [-0.15, -0.1) is 0 Å². The first-order valence-electron chi connectivity index (χ1n) is 7.41. The van der Waals surface area contributed by atoms with Crippen LogP contribution in [0.4, 0.5) is 0 Å². The highest BCUT2D eigenvalue weighted by Crippen LogP contribution is 2.15. The summed E-state index contributed by atoms with van der Waals surface area (Å²) in [5.74, 6) is 0.543. The fourth-order valence-corrected chi connectivity index (χ4v) is 2.38. The van der Waals surface area contributed by atoms with Crippen LogP contribution in [0.15, 0.2) is 24.3 Å². The first kappa shape index (κ1) is 15.5. The molecular formula is C16H23N3O2. The van der Waals surface area contributed by atoms with Gasteiger partial charge in [0.15, 0.2) is 0 Å². The van der Waals surface area contributed by atoms with Gasteiger partial charge < -0.3 is 16.0 Å².